The molecule has 1 aromatic heterocycles. The molecular weight excluding hydrogens is 112 g/mol. The van der Waals surface area contributed by atoms with Gasteiger partial charge in [0.1, 0.15) is 5.76 Å². The number of rotatable bonds is 0. The van der Waals surface area contributed by atoms with Gasteiger partial charge in [-0.3, -0.25) is 0 Å². The van der Waals surface area contributed by atoms with E-state index in [-0.39, 0.29) is 0 Å². The van der Waals surface area contributed by atoms with Crippen molar-refractivity contribution < 1.29 is 4.42 Å². The fourth-order valence-corrected chi connectivity index (χ4v) is 1.49. The SMILES string of the molecule is Cc1coc2c1CCC2. The molecule has 1 heterocycles. The minimum atomic E-state index is 1.16. The second-order valence-electron chi connectivity index (χ2n) is 2.67. The lowest BCUT2D eigenvalue weighted by atomic mass is 10.2. The predicted molar refractivity (Wildman–Crippen MR) is 35.5 cm³/mol. The summed E-state index contributed by atoms with van der Waals surface area (Å²) in [5, 5.41) is 0. The quantitative estimate of drug-likeness (QED) is 0.513. The van der Waals surface area contributed by atoms with Gasteiger partial charge in [-0.05, 0) is 30.9 Å². The Hall–Kier alpha value is -0.720. The van der Waals surface area contributed by atoms with Gasteiger partial charge in [0.2, 0.25) is 0 Å². The maximum atomic E-state index is 5.31. The largest absolute Gasteiger partial charge is 0.469 e. The van der Waals surface area contributed by atoms with Crippen molar-refractivity contribution in [2.24, 2.45) is 0 Å². The number of aryl methyl sites for hydroxylation is 2. The Morgan fingerprint density at radius 2 is 2.33 bits per heavy atom. The molecule has 0 radical (unpaired) electrons. The highest BCUT2D eigenvalue weighted by atomic mass is 16.3. The molecule has 0 bridgehead atoms. The van der Waals surface area contributed by atoms with Gasteiger partial charge in [0, 0.05) is 6.42 Å². The van der Waals surface area contributed by atoms with Gasteiger partial charge < -0.3 is 4.42 Å². The van der Waals surface area contributed by atoms with Crippen molar-refractivity contribution in [2.45, 2.75) is 26.2 Å². The lowest BCUT2D eigenvalue weighted by Gasteiger charge is -1.85. The van der Waals surface area contributed by atoms with Gasteiger partial charge in [-0.1, -0.05) is 0 Å². The van der Waals surface area contributed by atoms with Crippen LogP contribution in [0.1, 0.15) is 23.3 Å². The molecule has 0 N–H and O–H groups in total. The molecule has 9 heavy (non-hydrogen) atoms. The Labute approximate surface area is 54.7 Å². The standard InChI is InChI=1S/C8H10O/c1-6-5-9-8-4-2-3-7(6)8/h5H,2-4H2,1H3. The lowest BCUT2D eigenvalue weighted by molar-refractivity contribution is 0.514. The third-order valence-corrected chi connectivity index (χ3v) is 2.02. The monoisotopic (exact) mass is 122 g/mol. The molecule has 1 aliphatic carbocycles. The Balaban J connectivity index is 2.56. The first kappa shape index (κ1) is 5.10. The molecule has 1 heteroatoms. The summed E-state index contributed by atoms with van der Waals surface area (Å²) in [6.07, 6.45) is 5.54. The molecule has 0 fully saturated rings. The third-order valence-electron chi connectivity index (χ3n) is 2.02. The molecule has 1 nitrogen and oxygen atoms in total. The molecule has 0 unspecified atom stereocenters. The van der Waals surface area contributed by atoms with Gasteiger partial charge in [-0.25, -0.2) is 0 Å². The molecule has 0 spiro atoms. The van der Waals surface area contributed by atoms with Crippen molar-refractivity contribution in [3.8, 4) is 0 Å². The van der Waals surface area contributed by atoms with Crippen LogP contribution in [0, 0.1) is 6.92 Å². The summed E-state index contributed by atoms with van der Waals surface area (Å²) in [4.78, 5) is 0. The molecule has 0 saturated heterocycles. The summed E-state index contributed by atoms with van der Waals surface area (Å²) in [6, 6.07) is 0. The van der Waals surface area contributed by atoms with Crippen LogP contribution in [-0.2, 0) is 12.8 Å². The van der Waals surface area contributed by atoms with Crippen LogP contribution in [0.3, 0.4) is 0 Å². The third kappa shape index (κ3) is 0.607. The van der Waals surface area contributed by atoms with E-state index in [1.165, 1.54) is 29.7 Å². The predicted octanol–water partition coefficient (Wildman–Crippen LogP) is 2.08. The fourth-order valence-electron chi connectivity index (χ4n) is 1.49. The van der Waals surface area contributed by atoms with Crippen LogP contribution in [0.5, 0.6) is 0 Å². The highest BCUT2D eigenvalue weighted by molar-refractivity contribution is 5.30. The molecule has 48 valence electrons. The Morgan fingerprint density at radius 3 is 3.11 bits per heavy atom. The van der Waals surface area contributed by atoms with Crippen molar-refractivity contribution in [2.75, 3.05) is 0 Å². The zero-order chi connectivity index (χ0) is 6.27. The van der Waals surface area contributed by atoms with E-state index in [0.717, 1.165) is 6.42 Å². The molecule has 0 aliphatic heterocycles. The first-order valence-corrected chi connectivity index (χ1v) is 3.44. The summed E-state index contributed by atoms with van der Waals surface area (Å²) in [7, 11) is 0. The molecule has 0 atom stereocenters. The van der Waals surface area contributed by atoms with Gasteiger partial charge in [-0.2, -0.15) is 0 Å². The molecule has 0 aromatic carbocycles. The van der Waals surface area contributed by atoms with E-state index in [9.17, 15) is 0 Å². The zero-order valence-electron chi connectivity index (χ0n) is 5.61. The van der Waals surface area contributed by atoms with Crippen LogP contribution in [0.15, 0.2) is 10.7 Å². The maximum Gasteiger partial charge on any atom is 0.107 e. The molecule has 0 amide bonds. The van der Waals surface area contributed by atoms with Crippen LogP contribution in [0.25, 0.3) is 0 Å². The molecule has 1 aliphatic rings. The van der Waals surface area contributed by atoms with E-state index in [1.54, 1.807) is 0 Å². The number of furan rings is 1. The van der Waals surface area contributed by atoms with Gasteiger partial charge in [0.05, 0.1) is 6.26 Å². The summed E-state index contributed by atoms with van der Waals surface area (Å²) >= 11 is 0. The zero-order valence-corrected chi connectivity index (χ0v) is 5.61. The topological polar surface area (TPSA) is 13.1 Å². The molecule has 2 rings (SSSR count). The number of fused-ring (bicyclic) bond motifs is 1. The van der Waals surface area contributed by atoms with E-state index < -0.39 is 0 Å². The van der Waals surface area contributed by atoms with Crippen LogP contribution in [0.2, 0.25) is 0 Å². The second kappa shape index (κ2) is 1.63. The number of hydrogen-bond donors (Lipinski definition) is 0. The lowest BCUT2D eigenvalue weighted by Crippen LogP contribution is -1.75. The van der Waals surface area contributed by atoms with Crippen molar-refractivity contribution in [1.82, 2.24) is 0 Å². The van der Waals surface area contributed by atoms with E-state index in [4.69, 9.17) is 4.42 Å². The van der Waals surface area contributed by atoms with Crippen molar-refractivity contribution >= 4 is 0 Å². The molecule has 0 saturated carbocycles. The Bertz CT molecular complexity index is 222. The fraction of sp³-hybridized carbons (Fsp3) is 0.500. The average Bonchev–Trinajstić information content (AvgIpc) is 2.35. The highest BCUT2D eigenvalue weighted by Gasteiger charge is 2.15. The highest BCUT2D eigenvalue weighted by Crippen LogP contribution is 2.25. The van der Waals surface area contributed by atoms with Crippen LogP contribution in [0.4, 0.5) is 0 Å². The minimum absolute atomic E-state index is 1.16. The Morgan fingerprint density at radius 1 is 1.44 bits per heavy atom. The second-order valence-corrected chi connectivity index (χ2v) is 2.67. The van der Waals surface area contributed by atoms with Gasteiger partial charge in [0.15, 0.2) is 0 Å². The van der Waals surface area contributed by atoms with Crippen molar-refractivity contribution in [1.29, 1.82) is 0 Å². The van der Waals surface area contributed by atoms with Crippen molar-refractivity contribution in [3.63, 3.8) is 0 Å². The van der Waals surface area contributed by atoms with Gasteiger partial charge in [-0.15, -0.1) is 0 Å². The van der Waals surface area contributed by atoms with E-state index >= 15 is 0 Å². The average molecular weight is 122 g/mol. The number of hydrogen-bond acceptors (Lipinski definition) is 1. The Kier molecular flexibility index (Phi) is 0.922. The van der Waals surface area contributed by atoms with Gasteiger partial charge >= 0.3 is 0 Å². The van der Waals surface area contributed by atoms with E-state index in [0.29, 0.717) is 0 Å². The van der Waals surface area contributed by atoms with E-state index in [1.807, 2.05) is 6.26 Å². The summed E-state index contributed by atoms with van der Waals surface area (Å²) < 4.78 is 5.31. The van der Waals surface area contributed by atoms with Crippen LogP contribution < -0.4 is 0 Å². The first-order chi connectivity index (χ1) is 4.38. The van der Waals surface area contributed by atoms with Crippen LogP contribution >= 0.6 is 0 Å². The maximum absolute atomic E-state index is 5.31. The molecular formula is C8H10O. The summed E-state index contributed by atoms with van der Waals surface area (Å²) in [5.41, 5.74) is 2.80. The van der Waals surface area contributed by atoms with Crippen LogP contribution in [-0.4, -0.2) is 0 Å². The smallest absolute Gasteiger partial charge is 0.107 e. The van der Waals surface area contributed by atoms with Gasteiger partial charge in [0.25, 0.3) is 0 Å². The summed E-state index contributed by atoms with van der Waals surface area (Å²) in [5.74, 6) is 1.23. The first-order valence-electron chi connectivity index (χ1n) is 3.44. The van der Waals surface area contributed by atoms with Crippen molar-refractivity contribution in [3.05, 3.63) is 23.2 Å². The normalized spacial score (nSPS) is 16.1. The minimum Gasteiger partial charge on any atom is -0.469 e. The van der Waals surface area contributed by atoms with E-state index in [2.05, 4.69) is 6.92 Å². The summed E-state index contributed by atoms with van der Waals surface area (Å²) in [6.45, 7) is 2.12. The molecule has 1 aromatic rings.